The van der Waals surface area contributed by atoms with Gasteiger partial charge >= 0.3 is 0 Å². The zero-order valence-electron chi connectivity index (χ0n) is 34.7. The minimum atomic E-state index is -2.18. The molecule has 0 saturated carbocycles. The molecule has 4 nitrogen and oxygen atoms in total. The molecule has 0 bridgehead atoms. The van der Waals surface area contributed by atoms with Crippen LogP contribution in [0.1, 0.15) is 70.0 Å². The van der Waals surface area contributed by atoms with Crippen molar-refractivity contribution in [1.29, 1.82) is 0 Å². The van der Waals surface area contributed by atoms with Crippen molar-refractivity contribution >= 4 is 32.5 Å². The Morgan fingerprint density at radius 1 is 0.765 bits per heavy atom. The number of fused-ring (bicyclic) bond motifs is 2. The zero-order valence-corrected chi connectivity index (χ0v) is 31.9. The summed E-state index contributed by atoms with van der Waals surface area (Å²) in [5, 5.41) is 4.80. The molecule has 0 aliphatic heterocycles. The van der Waals surface area contributed by atoms with Crippen molar-refractivity contribution in [2.45, 2.75) is 53.2 Å². The SMILES string of the molecule is CC(C)c1cccc(C(C)C)c1-n1c(-c2[c-]sc3ccc(-c4ccncc4)cc23)nc2ccccc21.[2H]C([2H])([2H])c1c[c-]c(-c2ccc(C([2H])([2H])[2H])cn2)cc1.[Ir]. The van der Waals surface area contributed by atoms with E-state index in [1.54, 1.807) is 23.5 Å². The first-order valence-electron chi connectivity index (χ1n) is 19.7. The molecule has 4 aromatic heterocycles. The van der Waals surface area contributed by atoms with E-state index in [2.05, 4.69) is 126 Å². The summed E-state index contributed by atoms with van der Waals surface area (Å²) < 4.78 is 47.2. The molecule has 4 aromatic carbocycles. The summed E-state index contributed by atoms with van der Waals surface area (Å²) in [4.78, 5) is 13.5. The van der Waals surface area contributed by atoms with Crippen LogP contribution in [-0.4, -0.2) is 19.5 Å². The van der Waals surface area contributed by atoms with Gasteiger partial charge in [0.05, 0.1) is 16.9 Å². The Balaban J connectivity index is 0.000000223. The fourth-order valence-corrected chi connectivity index (χ4v) is 7.01. The van der Waals surface area contributed by atoms with Gasteiger partial charge in [-0.1, -0.05) is 111 Å². The number of para-hydroxylation sites is 3. The number of aromatic nitrogens is 4. The fourth-order valence-electron chi connectivity index (χ4n) is 6.19. The molecule has 0 N–H and O–H groups in total. The standard InChI is InChI=1S/C32H28N3S.C13H12N.Ir/c1-20(2)24-8-7-9-25(21(3)4)31(24)35-29-11-6-5-10-28(29)34-32(35)27-19-36-30-13-12-23(18-26(27)30)22-14-16-33-17-15-22;1-10-3-6-12(7-4-10)13-8-5-11(2)9-14-13;/h5-18,20-21H,1-4H3;3-6,8-9H,1-2H3;/q2*-1;/i;1D3,2D3;. The second-order valence-electron chi connectivity index (χ2n) is 12.8. The third-order valence-corrected chi connectivity index (χ3v) is 9.61. The molecule has 1 radical (unpaired) electrons. The number of nitrogens with zero attached hydrogens (tertiary/aromatic N) is 4. The van der Waals surface area contributed by atoms with Crippen molar-refractivity contribution in [3.63, 3.8) is 0 Å². The van der Waals surface area contributed by atoms with Crippen LogP contribution in [0.5, 0.6) is 0 Å². The van der Waals surface area contributed by atoms with Gasteiger partial charge in [-0.25, -0.2) is 0 Å². The largest absolute Gasteiger partial charge is 0.333 e. The van der Waals surface area contributed by atoms with E-state index in [4.69, 9.17) is 13.2 Å². The molecule has 0 amide bonds. The Morgan fingerprint density at radius 2 is 1.51 bits per heavy atom. The van der Waals surface area contributed by atoms with Gasteiger partial charge in [0.2, 0.25) is 0 Å². The van der Waals surface area contributed by atoms with E-state index in [9.17, 15) is 0 Å². The molecule has 257 valence electrons. The molecule has 0 aliphatic rings. The molecule has 8 aromatic rings. The van der Waals surface area contributed by atoms with Crippen LogP contribution in [0.15, 0.2) is 122 Å². The van der Waals surface area contributed by atoms with E-state index in [1.165, 1.54) is 56.9 Å². The summed E-state index contributed by atoms with van der Waals surface area (Å²) in [5.74, 6) is 1.72. The van der Waals surface area contributed by atoms with Crippen LogP contribution in [0.4, 0.5) is 0 Å². The molecule has 0 saturated heterocycles. The van der Waals surface area contributed by atoms with Crippen LogP contribution in [0.3, 0.4) is 0 Å². The van der Waals surface area contributed by atoms with Gasteiger partial charge in [-0.05, 0) is 76.5 Å². The Hall–Kier alpha value is -4.74. The van der Waals surface area contributed by atoms with Crippen LogP contribution >= 0.6 is 11.3 Å². The molecule has 51 heavy (non-hydrogen) atoms. The van der Waals surface area contributed by atoms with Crippen molar-refractivity contribution < 1.29 is 28.3 Å². The van der Waals surface area contributed by atoms with Crippen molar-refractivity contribution in [2.24, 2.45) is 0 Å². The van der Waals surface area contributed by atoms with E-state index < -0.39 is 13.7 Å². The molecule has 6 heteroatoms. The third kappa shape index (κ3) is 7.50. The summed E-state index contributed by atoms with van der Waals surface area (Å²) in [5.41, 5.74) is 11.0. The molecule has 0 atom stereocenters. The third-order valence-electron chi connectivity index (χ3n) is 8.73. The fraction of sp³-hybridized carbons (Fsp3) is 0.178. The van der Waals surface area contributed by atoms with Gasteiger partial charge in [-0.15, -0.1) is 40.8 Å². The minimum absolute atomic E-state index is 0. The van der Waals surface area contributed by atoms with Gasteiger partial charge in [-0.3, -0.25) is 21.3 Å². The van der Waals surface area contributed by atoms with E-state index in [-0.39, 0.29) is 31.2 Å². The topological polar surface area (TPSA) is 43.6 Å². The van der Waals surface area contributed by atoms with E-state index in [0.717, 1.165) is 28.0 Å². The van der Waals surface area contributed by atoms with Gasteiger partial charge < -0.3 is 9.55 Å². The molecule has 0 fully saturated rings. The minimum Gasteiger partial charge on any atom is -0.333 e. The van der Waals surface area contributed by atoms with Gasteiger partial charge in [0, 0.05) is 52.6 Å². The van der Waals surface area contributed by atoms with Crippen LogP contribution in [0.25, 0.3) is 60.6 Å². The summed E-state index contributed by atoms with van der Waals surface area (Å²) in [6.45, 7) is 4.75. The first-order valence-corrected chi connectivity index (χ1v) is 17.5. The molecule has 4 heterocycles. The van der Waals surface area contributed by atoms with Crippen LogP contribution in [0, 0.1) is 25.2 Å². The second kappa shape index (κ2) is 15.7. The zero-order chi connectivity index (χ0) is 39.8. The Morgan fingerprint density at radius 3 is 2.18 bits per heavy atom. The van der Waals surface area contributed by atoms with Gasteiger partial charge in [0.25, 0.3) is 0 Å². The maximum Gasteiger partial charge on any atom is 0.0774 e. The number of thiophene rings is 1. The number of aryl methyl sites for hydroxylation is 2. The maximum absolute atomic E-state index is 7.28. The number of hydrogen-bond donors (Lipinski definition) is 0. The quantitative estimate of drug-likeness (QED) is 0.156. The Labute approximate surface area is 327 Å². The van der Waals surface area contributed by atoms with Crippen LogP contribution in [-0.2, 0) is 20.1 Å². The Bertz CT molecular complexity index is 2530. The summed E-state index contributed by atoms with van der Waals surface area (Å²) in [6, 6.07) is 36.4. The monoisotopic (exact) mass is 867 g/mol. The van der Waals surface area contributed by atoms with Crippen molar-refractivity contribution in [2.75, 3.05) is 0 Å². The van der Waals surface area contributed by atoms with Crippen LogP contribution in [0.2, 0.25) is 0 Å². The van der Waals surface area contributed by atoms with E-state index in [0.29, 0.717) is 23.1 Å². The van der Waals surface area contributed by atoms with Crippen molar-refractivity contribution in [3.05, 3.63) is 155 Å². The normalized spacial score (nSPS) is 13.4. The average Bonchev–Trinajstić information content (AvgIpc) is 3.78. The molecular formula is C45H40IrN4S-2. The number of imidazole rings is 1. The summed E-state index contributed by atoms with van der Waals surface area (Å²) in [6.07, 6.45) is 4.99. The predicted molar refractivity (Wildman–Crippen MR) is 210 cm³/mol. The van der Waals surface area contributed by atoms with Gasteiger partial charge in [0.1, 0.15) is 0 Å². The first kappa shape index (κ1) is 28.9. The van der Waals surface area contributed by atoms with E-state index >= 15 is 0 Å². The maximum atomic E-state index is 7.28. The predicted octanol–water partition coefficient (Wildman–Crippen LogP) is 12.2. The van der Waals surface area contributed by atoms with Gasteiger partial charge in [0.15, 0.2) is 0 Å². The van der Waals surface area contributed by atoms with Gasteiger partial charge in [-0.2, -0.15) is 0 Å². The second-order valence-corrected chi connectivity index (χ2v) is 13.7. The molecular weight excluding hydrogens is 821 g/mol. The molecule has 8 rings (SSSR count). The average molecular weight is 867 g/mol. The number of benzene rings is 4. The summed E-state index contributed by atoms with van der Waals surface area (Å²) in [7, 11) is 0. The van der Waals surface area contributed by atoms with E-state index in [1.807, 2.05) is 12.4 Å². The Kier molecular flexibility index (Phi) is 8.87. The van der Waals surface area contributed by atoms with Crippen molar-refractivity contribution in [3.8, 4) is 39.5 Å². The van der Waals surface area contributed by atoms with Crippen molar-refractivity contribution in [1.82, 2.24) is 19.5 Å². The molecule has 0 spiro atoms. The number of pyridine rings is 2. The summed E-state index contributed by atoms with van der Waals surface area (Å²) >= 11 is 1.66. The van der Waals surface area contributed by atoms with Crippen LogP contribution < -0.4 is 0 Å². The number of rotatable bonds is 6. The molecule has 0 aliphatic carbocycles. The molecule has 0 unspecified atom stereocenters. The first-order chi connectivity index (χ1) is 26.7. The smallest absolute Gasteiger partial charge is 0.0774 e. The number of hydrogen-bond acceptors (Lipinski definition) is 4.